The third-order valence-electron chi connectivity index (χ3n) is 5.25. The number of carboxylic acid groups (broad SMARTS) is 1. The van der Waals surface area contributed by atoms with Crippen molar-refractivity contribution >= 4 is 5.97 Å². The largest absolute Gasteiger partial charge is 0.478 e. The summed E-state index contributed by atoms with van der Waals surface area (Å²) in [5.74, 6) is 0.386. The van der Waals surface area contributed by atoms with Gasteiger partial charge in [-0.25, -0.2) is 4.79 Å². The van der Waals surface area contributed by atoms with E-state index >= 15 is 0 Å². The highest BCUT2D eigenvalue weighted by Gasteiger charge is 2.28. The Balaban J connectivity index is 1.53. The lowest BCUT2D eigenvalue weighted by atomic mass is 9.97. The smallest absolute Gasteiger partial charge is 0.336 e. The summed E-state index contributed by atoms with van der Waals surface area (Å²) in [6.07, 6.45) is 3.34. The molecule has 2 aromatic carbocycles. The number of hydrogen-bond acceptors (Lipinski definition) is 5. The molecular formula is C22H23N3O3. The van der Waals surface area contributed by atoms with Crippen LogP contribution in [0.3, 0.4) is 0 Å². The van der Waals surface area contributed by atoms with E-state index in [9.17, 15) is 9.90 Å². The van der Waals surface area contributed by atoms with E-state index in [4.69, 9.17) is 4.42 Å². The van der Waals surface area contributed by atoms with Gasteiger partial charge in [-0.05, 0) is 42.1 Å². The highest BCUT2D eigenvalue weighted by atomic mass is 16.4. The molecule has 1 atom stereocenters. The first-order chi connectivity index (χ1) is 13.6. The second kappa shape index (κ2) is 7.94. The Hall–Kier alpha value is -2.99. The third-order valence-corrected chi connectivity index (χ3v) is 5.25. The maximum atomic E-state index is 11.5. The monoisotopic (exact) mass is 377 g/mol. The first kappa shape index (κ1) is 18.4. The quantitative estimate of drug-likeness (QED) is 0.707. The van der Waals surface area contributed by atoms with Crippen molar-refractivity contribution in [3.8, 4) is 11.1 Å². The highest BCUT2D eigenvalue weighted by Crippen LogP contribution is 2.32. The van der Waals surface area contributed by atoms with Crippen molar-refractivity contribution in [3.05, 3.63) is 71.4 Å². The zero-order valence-corrected chi connectivity index (χ0v) is 15.8. The number of piperidine rings is 1. The van der Waals surface area contributed by atoms with E-state index < -0.39 is 5.97 Å². The number of hydrogen-bond donors (Lipinski definition) is 1. The number of carboxylic acids is 1. The van der Waals surface area contributed by atoms with Crippen molar-refractivity contribution in [2.45, 2.75) is 38.8 Å². The summed E-state index contributed by atoms with van der Waals surface area (Å²) >= 11 is 0. The minimum Gasteiger partial charge on any atom is -0.478 e. The van der Waals surface area contributed by atoms with Gasteiger partial charge in [0.15, 0.2) is 0 Å². The molecule has 0 unspecified atom stereocenters. The molecular weight excluding hydrogens is 354 g/mol. The second-order valence-corrected chi connectivity index (χ2v) is 7.19. The van der Waals surface area contributed by atoms with Crippen molar-refractivity contribution in [3.63, 3.8) is 0 Å². The molecule has 144 valence electrons. The van der Waals surface area contributed by atoms with E-state index in [1.54, 1.807) is 12.1 Å². The standard InChI is InChI=1S/C22H23N3O3/c1-15-23-24-21(28-15)20-8-4-5-13-25(20)14-16-9-11-17(12-10-16)18-6-2-3-7-19(18)22(26)27/h2-3,6-7,9-12,20H,4-5,8,13-14H2,1H3,(H,26,27)/t20-/m1/s1. The van der Waals surface area contributed by atoms with Crippen LogP contribution in [-0.2, 0) is 6.54 Å². The van der Waals surface area contributed by atoms with Gasteiger partial charge >= 0.3 is 5.97 Å². The topological polar surface area (TPSA) is 79.5 Å². The summed E-state index contributed by atoms with van der Waals surface area (Å²) in [6, 6.07) is 15.4. The van der Waals surface area contributed by atoms with Crippen LogP contribution in [0, 0.1) is 6.92 Å². The van der Waals surface area contributed by atoms with Gasteiger partial charge in [-0.1, -0.05) is 48.9 Å². The van der Waals surface area contributed by atoms with E-state index in [0.717, 1.165) is 43.5 Å². The Kier molecular flexibility index (Phi) is 5.21. The molecule has 4 rings (SSSR count). The lowest BCUT2D eigenvalue weighted by molar-refractivity contribution is 0.0697. The molecule has 28 heavy (non-hydrogen) atoms. The molecule has 0 radical (unpaired) electrons. The zero-order valence-electron chi connectivity index (χ0n) is 15.8. The summed E-state index contributed by atoms with van der Waals surface area (Å²) in [5, 5.41) is 17.6. The summed E-state index contributed by atoms with van der Waals surface area (Å²) in [7, 11) is 0. The van der Waals surface area contributed by atoms with Gasteiger partial charge in [0, 0.05) is 13.5 Å². The van der Waals surface area contributed by atoms with E-state index in [2.05, 4.69) is 27.2 Å². The molecule has 0 spiro atoms. The van der Waals surface area contributed by atoms with Gasteiger partial charge in [0.2, 0.25) is 11.8 Å². The molecule has 3 aromatic rings. The first-order valence-corrected chi connectivity index (χ1v) is 9.57. The van der Waals surface area contributed by atoms with Gasteiger partial charge in [0.05, 0.1) is 11.6 Å². The molecule has 6 heteroatoms. The van der Waals surface area contributed by atoms with Gasteiger partial charge in [0.1, 0.15) is 0 Å². The highest BCUT2D eigenvalue weighted by molar-refractivity contribution is 5.95. The molecule has 0 bridgehead atoms. The van der Waals surface area contributed by atoms with Crippen LogP contribution in [-0.4, -0.2) is 32.7 Å². The second-order valence-electron chi connectivity index (χ2n) is 7.19. The Morgan fingerprint density at radius 3 is 2.64 bits per heavy atom. The van der Waals surface area contributed by atoms with E-state index in [1.165, 1.54) is 5.56 Å². The third kappa shape index (κ3) is 3.82. The predicted molar refractivity (Wildman–Crippen MR) is 105 cm³/mol. The van der Waals surface area contributed by atoms with E-state index in [-0.39, 0.29) is 6.04 Å². The predicted octanol–water partition coefficient (Wildman–Crippen LogP) is 4.47. The van der Waals surface area contributed by atoms with Crippen molar-refractivity contribution < 1.29 is 14.3 Å². The van der Waals surface area contributed by atoms with Gasteiger partial charge in [-0.15, -0.1) is 10.2 Å². The molecule has 6 nitrogen and oxygen atoms in total. The number of benzene rings is 2. The van der Waals surface area contributed by atoms with Crippen molar-refractivity contribution in [1.82, 2.24) is 15.1 Å². The molecule has 0 aliphatic carbocycles. The maximum Gasteiger partial charge on any atom is 0.336 e. The van der Waals surface area contributed by atoms with Gasteiger partial charge in [-0.3, -0.25) is 4.90 Å². The van der Waals surface area contributed by atoms with Gasteiger partial charge in [0.25, 0.3) is 0 Å². The summed E-state index contributed by atoms with van der Waals surface area (Å²) in [4.78, 5) is 13.9. The summed E-state index contributed by atoms with van der Waals surface area (Å²) in [5.41, 5.74) is 3.14. The van der Waals surface area contributed by atoms with Crippen molar-refractivity contribution in [1.29, 1.82) is 0 Å². The minimum atomic E-state index is -0.911. The van der Waals surface area contributed by atoms with Crippen LogP contribution in [0.4, 0.5) is 0 Å². The Bertz CT molecular complexity index is 965. The number of carbonyl (C=O) groups is 1. The van der Waals surface area contributed by atoms with E-state index in [0.29, 0.717) is 17.3 Å². The van der Waals surface area contributed by atoms with E-state index in [1.807, 2.05) is 31.2 Å². The summed E-state index contributed by atoms with van der Waals surface area (Å²) in [6.45, 7) is 3.61. The fourth-order valence-corrected chi connectivity index (χ4v) is 3.85. The van der Waals surface area contributed by atoms with Crippen LogP contribution in [0.15, 0.2) is 52.9 Å². The average Bonchev–Trinajstić information content (AvgIpc) is 3.15. The normalized spacial score (nSPS) is 17.5. The van der Waals surface area contributed by atoms with Gasteiger partial charge in [-0.2, -0.15) is 0 Å². The minimum absolute atomic E-state index is 0.155. The number of aromatic nitrogens is 2. The molecule has 1 saturated heterocycles. The zero-order chi connectivity index (χ0) is 19.5. The number of aryl methyl sites for hydroxylation is 1. The van der Waals surface area contributed by atoms with Crippen LogP contribution in [0.5, 0.6) is 0 Å². The molecule has 1 fully saturated rings. The Labute approximate surface area is 163 Å². The molecule has 0 amide bonds. The number of aromatic carboxylic acids is 1. The number of rotatable bonds is 5. The molecule has 1 aliphatic rings. The average molecular weight is 377 g/mol. The Morgan fingerprint density at radius 1 is 1.14 bits per heavy atom. The number of likely N-dealkylation sites (tertiary alicyclic amines) is 1. The van der Waals surface area contributed by atoms with Crippen LogP contribution in [0.25, 0.3) is 11.1 Å². The van der Waals surface area contributed by atoms with Crippen LogP contribution >= 0.6 is 0 Å². The van der Waals surface area contributed by atoms with Crippen molar-refractivity contribution in [2.75, 3.05) is 6.54 Å². The van der Waals surface area contributed by atoms with Crippen LogP contribution < -0.4 is 0 Å². The van der Waals surface area contributed by atoms with Crippen LogP contribution in [0.2, 0.25) is 0 Å². The number of nitrogens with zero attached hydrogens (tertiary/aromatic N) is 3. The fourth-order valence-electron chi connectivity index (χ4n) is 3.85. The molecule has 1 aromatic heterocycles. The Morgan fingerprint density at radius 2 is 1.93 bits per heavy atom. The first-order valence-electron chi connectivity index (χ1n) is 9.57. The summed E-state index contributed by atoms with van der Waals surface area (Å²) < 4.78 is 5.68. The molecule has 2 heterocycles. The maximum absolute atomic E-state index is 11.5. The lowest BCUT2D eigenvalue weighted by Crippen LogP contribution is -2.33. The molecule has 1 aliphatic heterocycles. The lowest BCUT2D eigenvalue weighted by Gasteiger charge is -2.33. The molecule has 1 N–H and O–H groups in total. The molecule has 0 saturated carbocycles. The SMILES string of the molecule is Cc1nnc([C@H]2CCCCN2Cc2ccc(-c3ccccc3C(=O)O)cc2)o1. The fraction of sp³-hybridized carbons (Fsp3) is 0.318. The van der Waals surface area contributed by atoms with Crippen molar-refractivity contribution in [2.24, 2.45) is 0 Å². The van der Waals surface area contributed by atoms with Gasteiger partial charge < -0.3 is 9.52 Å². The van der Waals surface area contributed by atoms with Crippen LogP contribution in [0.1, 0.15) is 53.0 Å².